The number of nitroso groups, excluding NO2 is 1. The van der Waals surface area contributed by atoms with E-state index in [-0.39, 0.29) is 5.78 Å². The Kier molecular flexibility index (Phi) is 9.92. The van der Waals surface area contributed by atoms with Gasteiger partial charge in [-0.15, -0.1) is 4.91 Å². The molecule has 4 nitrogen and oxygen atoms in total. The van der Waals surface area contributed by atoms with Crippen molar-refractivity contribution < 1.29 is 4.79 Å². The maximum absolute atomic E-state index is 11.8. The minimum absolute atomic E-state index is 0.00278. The number of nitrogens with zero attached hydrogens (tertiary/aromatic N) is 2. The van der Waals surface area contributed by atoms with Gasteiger partial charge in [0, 0.05) is 13.0 Å². The molecular weight excluding hydrogens is 216 g/mol. The van der Waals surface area contributed by atoms with E-state index in [1.807, 2.05) is 6.92 Å². The quantitative estimate of drug-likeness (QED) is 0.413. The highest BCUT2D eigenvalue weighted by molar-refractivity contribution is 5.84. The topological polar surface area (TPSA) is 49.7 Å². The fraction of sp³-hybridized carbons (Fsp3) is 0.923. The zero-order valence-corrected chi connectivity index (χ0v) is 11.4. The molecule has 0 bridgehead atoms. The SMILES string of the molecule is CCCCCC(=O)C(CN(CC)CCC)N=O. The van der Waals surface area contributed by atoms with Crippen LogP contribution >= 0.6 is 0 Å². The molecule has 0 aliphatic carbocycles. The molecule has 0 saturated heterocycles. The third-order valence-electron chi connectivity index (χ3n) is 2.94. The summed E-state index contributed by atoms with van der Waals surface area (Å²) in [5, 5.41) is 3.00. The second kappa shape index (κ2) is 10.4. The maximum Gasteiger partial charge on any atom is 0.163 e. The highest BCUT2D eigenvalue weighted by Crippen LogP contribution is 2.07. The Morgan fingerprint density at radius 1 is 1.18 bits per heavy atom. The summed E-state index contributed by atoms with van der Waals surface area (Å²) in [5.74, 6) is 0.00278. The first-order chi connectivity index (χ1) is 8.19. The lowest BCUT2D eigenvalue weighted by Gasteiger charge is -2.21. The standard InChI is InChI=1S/C13H26N2O2/c1-4-7-8-9-13(16)12(14-17)11-15(6-3)10-5-2/h12H,4-11H2,1-3H3. The Bertz CT molecular complexity index is 219. The predicted molar refractivity (Wildman–Crippen MR) is 71.1 cm³/mol. The van der Waals surface area contributed by atoms with Gasteiger partial charge in [0.2, 0.25) is 0 Å². The molecule has 0 heterocycles. The van der Waals surface area contributed by atoms with Crippen molar-refractivity contribution in [3.05, 3.63) is 4.91 Å². The number of Topliss-reactive ketones (excluding diaryl/α,β-unsaturated/α-hetero) is 1. The molecule has 0 amide bonds. The highest BCUT2D eigenvalue weighted by Gasteiger charge is 2.20. The van der Waals surface area contributed by atoms with E-state index in [1.54, 1.807) is 0 Å². The predicted octanol–water partition coefficient (Wildman–Crippen LogP) is 3.00. The lowest BCUT2D eigenvalue weighted by molar-refractivity contribution is -0.120. The van der Waals surface area contributed by atoms with Crippen LogP contribution in [0, 0.1) is 4.91 Å². The summed E-state index contributed by atoms with van der Waals surface area (Å²) in [6.45, 7) is 8.50. The van der Waals surface area contributed by atoms with E-state index in [9.17, 15) is 9.70 Å². The van der Waals surface area contributed by atoms with E-state index in [1.165, 1.54) is 0 Å². The van der Waals surface area contributed by atoms with E-state index in [0.29, 0.717) is 13.0 Å². The smallest absolute Gasteiger partial charge is 0.163 e. The minimum atomic E-state index is -0.668. The molecule has 0 fully saturated rings. The summed E-state index contributed by atoms with van der Waals surface area (Å²) in [6.07, 6.45) is 4.53. The van der Waals surface area contributed by atoms with Gasteiger partial charge in [0.25, 0.3) is 0 Å². The fourth-order valence-corrected chi connectivity index (χ4v) is 1.85. The van der Waals surface area contributed by atoms with Gasteiger partial charge in [-0.05, 0) is 25.9 Å². The first-order valence-electron chi connectivity index (χ1n) is 6.77. The molecule has 0 N–H and O–H groups in total. The second-order valence-corrected chi connectivity index (χ2v) is 4.44. The van der Waals surface area contributed by atoms with Crippen molar-refractivity contribution in [1.82, 2.24) is 4.90 Å². The Balaban J connectivity index is 4.11. The molecule has 4 heteroatoms. The molecule has 0 radical (unpaired) electrons. The number of unbranched alkanes of at least 4 members (excludes halogenated alkanes) is 2. The van der Waals surface area contributed by atoms with E-state index in [0.717, 1.165) is 38.8 Å². The van der Waals surface area contributed by atoms with E-state index >= 15 is 0 Å². The van der Waals surface area contributed by atoms with E-state index in [2.05, 4.69) is 23.9 Å². The van der Waals surface area contributed by atoms with Gasteiger partial charge in [-0.2, -0.15) is 0 Å². The molecule has 0 rings (SSSR count). The van der Waals surface area contributed by atoms with Crippen molar-refractivity contribution in [2.75, 3.05) is 19.6 Å². The van der Waals surface area contributed by atoms with Crippen LogP contribution in [0.4, 0.5) is 0 Å². The molecule has 0 aromatic rings. The van der Waals surface area contributed by atoms with Crippen molar-refractivity contribution in [2.24, 2.45) is 5.18 Å². The van der Waals surface area contributed by atoms with Crippen molar-refractivity contribution in [3.8, 4) is 0 Å². The molecule has 0 spiro atoms. The highest BCUT2D eigenvalue weighted by atomic mass is 16.3. The van der Waals surface area contributed by atoms with Crippen molar-refractivity contribution in [1.29, 1.82) is 0 Å². The van der Waals surface area contributed by atoms with Gasteiger partial charge >= 0.3 is 0 Å². The summed E-state index contributed by atoms with van der Waals surface area (Å²) in [7, 11) is 0. The van der Waals surface area contributed by atoms with Crippen molar-refractivity contribution in [3.63, 3.8) is 0 Å². The summed E-state index contributed by atoms with van der Waals surface area (Å²) in [4.78, 5) is 24.6. The number of hydrogen-bond donors (Lipinski definition) is 0. The van der Waals surface area contributed by atoms with Crippen molar-refractivity contribution >= 4 is 5.78 Å². The summed E-state index contributed by atoms with van der Waals surface area (Å²) in [6, 6.07) is -0.668. The van der Waals surface area contributed by atoms with Gasteiger partial charge in [-0.3, -0.25) is 4.79 Å². The first kappa shape index (κ1) is 16.2. The number of rotatable bonds is 11. The monoisotopic (exact) mass is 242 g/mol. The van der Waals surface area contributed by atoms with Gasteiger partial charge in [0.1, 0.15) is 0 Å². The van der Waals surface area contributed by atoms with Crippen molar-refractivity contribution in [2.45, 2.75) is 58.9 Å². The van der Waals surface area contributed by atoms with Crippen LogP contribution in [-0.2, 0) is 4.79 Å². The normalized spacial score (nSPS) is 12.7. The van der Waals surface area contributed by atoms with Gasteiger partial charge in [-0.25, -0.2) is 0 Å². The first-order valence-corrected chi connectivity index (χ1v) is 6.77. The minimum Gasteiger partial charge on any atom is -0.301 e. The van der Waals surface area contributed by atoms with Crippen LogP contribution in [0.2, 0.25) is 0 Å². The summed E-state index contributed by atoms with van der Waals surface area (Å²) in [5.41, 5.74) is 0. The molecule has 1 atom stereocenters. The van der Waals surface area contributed by atoms with E-state index < -0.39 is 6.04 Å². The Labute approximate surface area is 105 Å². The number of carbonyl (C=O) groups excluding carboxylic acids is 1. The van der Waals surface area contributed by atoms with Crippen LogP contribution in [0.3, 0.4) is 0 Å². The molecule has 0 aliphatic rings. The molecular formula is C13H26N2O2. The largest absolute Gasteiger partial charge is 0.301 e. The Morgan fingerprint density at radius 3 is 2.35 bits per heavy atom. The number of hydrogen-bond acceptors (Lipinski definition) is 4. The van der Waals surface area contributed by atoms with Gasteiger partial charge in [-0.1, -0.05) is 38.8 Å². The molecule has 0 aliphatic heterocycles. The lowest BCUT2D eigenvalue weighted by Crippen LogP contribution is -2.36. The molecule has 0 aromatic carbocycles. The summed E-state index contributed by atoms with van der Waals surface area (Å²) < 4.78 is 0. The van der Waals surface area contributed by atoms with Crippen LogP contribution in [0.5, 0.6) is 0 Å². The second-order valence-electron chi connectivity index (χ2n) is 4.44. The Morgan fingerprint density at radius 2 is 1.88 bits per heavy atom. The van der Waals surface area contributed by atoms with Crippen LogP contribution < -0.4 is 0 Å². The third kappa shape index (κ3) is 7.21. The average Bonchev–Trinajstić information content (AvgIpc) is 2.34. The molecule has 17 heavy (non-hydrogen) atoms. The molecule has 0 saturated carbocycles. The number of ketones is 1. The maximum atomic E-state index is 11.8. The molecule has 100 valence electrons. The van der Waals surface area contributed by atoms with Crippen LogP contribution in [0.15, 0.2) is 5.18 Å². The van der Waals surface area contributed by atoms with Crippen LogP contribution in [-0.4, -0.2) is 36.4 Å². The molecule has 0 aromatic heterocycles. The third-order valence-corrected chi connectivity index (χ3v) is 2.94. The Hall–Kier alpha value is -0.770. The average molecular weight is 242 g/mol. The van der Waals surface area contributed by atoms with Gasteiger partial charge in [0.15, 0.2) is 11.8 Å². The number of carbonyl (C=O) groups is 1. The van der Waals surface area contributed by atoms with Crippen LogP contribution in [0.25, 0.3) is 0 Å². The van der Waals surface area contributed by atoms with Gasteiger partial charge < -0.3 is 4.90 Å². The zero-order valence-electron chi connectivity index (χ0n) is 11.4. The van der Waals surface area contributed by atoms with Crippen LogP contribution in [0.1, 0.15) is 52.9 Å². The fourth-order valence-electron chi connectivity index (χ4n) is 1.85. The van der Waals surface area contributed by atoms with E-state index in [4.69, 9.17) is 0 Å². The molecule has 1 unspecified atom stereocenters. The zero-order chi connectivity index (χ0) is 13.1. The lowest BCUT2D eigenvalue weighted by atomic mass is 10.1. The van der Waals surface area contributed by atoms with Gasteiger partial charge in [0.05, 0.1) is 0 Å². The number of likely N-dealkylation sites (N-methyl/N-ethyl adjacent to an activating group) is 1. The summed E-state index contributed by atoms with van der Waals surface area (Å²) >= 11 is 0.